The van der Waals surface area contributed by atoms with Gasteiger partial charge in [-0.3, -0.25) is 9.69 Å². The van der Waals surface area contributed by atoms with Crippen LogP contribution in [0.5, 0.6) is 0 Å². The van der Waals surface area contributed by atoms with Crippen molar-refractivity contribution in [1.82, 2.24) is 40.4 Å². The fourth-order valence-electron chi connectivity index (χ4n) is 9.09. The van der Waals surface area contributed by atoms with E-state index in [1.165, 1.54) is 14.2 Å². The third-order valence-electron chi connectivity index (χ3n) is 12.3. The quantitative estimate of drug-likeness (QED) is 0.0853. The molecule has 0 spiro atoms. The lowest BCUT2D eigenvalue weighted by Crippen LogP contribution is -2.51. The van der Waals surface area contributed by atoms with Crippen molar-refractivity contribution >= 4 is 61.3 Å². The van der Waals surface area contributed by atoms with Gasteiger partial charge in [0.05, 0.1) is 55.3 Å². The molecule has 9 rings (SSSR count). The Bertz CT molecular complexity index is 2760. The summed E-state index contributed by atoms with van der Waals surface area (Å²) in [7, 11) is 2.61. The second kappa shape index (κ2) is 17.2. The fraction of sp³-hybridized carbons (Fsp3) is 0.340. The van der Waals surface area contributed by atoms with E-state index in [1.54, 1.807) is 11.3 Å². The largest absolute Gasteiger partial charge is 0.453 e. The Labute approximate surface area is 362 Å². The summed E-state index contributed by atoms with van der Waals surface area (Å²) in [5, 5.41) is 20.5. The van der Waals surface area contributed by atoms with Crippen molar-refractivity contribution in [2.24, 2.45) is 5.92 Å². The zero-order valence-corrected chi connectivity index (χ0v) is 35.9. The van der Waals surface area contributed by atoms with E-state index in [0.29, 0.717) is 13.1 Å². The lowest BCUT2D eigenvalue weighted by atomic mass is 10.0. The number of aliphatic hydroxyl groups is 1. The maximum absolute atomic E-state index is 13.7. The molecule has 5 heterocycles. The highest BCUT2D eigenvalue weighted by Crippen LogP contribution is 2.40. The Morgan fingerprint density at radius 2 is 1.56 bits per heavy atom. The predicted octanol–water partition coefficient (Wildman–Crippen LogP) is 8.58. The highest BCUT2D eigenvalue weighted by Gasteiger charge is 2.39. The molecule has 0 saturated carbocycles. The van der Waals surface area contributed by atoms with E-state index in [2.05, 4.69) is 75.2 Å². The van der Waals surface area contributed by atoms with Crippen molar-refractivity contribution < 1.29 is 29.0 Å². The van der Waals surface area contributed by atoms with E-state index < -0.39 is 30.5 Å². The van der Waals surface area contributed by atoms with E-state index in [-0.39, 0.29) is 23.9 Å². The number of fused-ring (bicyclic) bond motifs is 4. The third-order valence-corrected chi connectivity index (χ3v) is 13.5. The number of rotatable bonds is 11. The fourth-order valence-corrected chi connectivity index (χ4v) is 10.2. The molecule has 320 valence electrons. The van der Waals surface area contributed by atoms with Crippen LogP contribution in [-0.2, 0) is 14.3 Å². The molecular weight excluding hydrogens is 805 g/mol. The molecule has 4 aromatic carbocycles. The highest BCUT2D eigenvalue weighted by molar-refractivity contribution is 7.22. The molecule has 0 radical (unpaired) electrons. The second-order valence-electron chi connectivity index (χ2n) is 16.4. The first-order valence-electron chi connectivity index (χ1n) is 21.1. The number of methoxy groups -OCH3 is 2. The van der Waals surface area contributed by atoms with Crippen LogP contribution < -0.4 is 10.6 Å². The Hall–Kier alpha value is -6.29. The summed E-state index contributed by atoms with van der Waals surface area (Å²) in [6.45, 7) is 5.07. The molecule has 2 fully saturated rings. The van der Waals surface area contributed by atoms with E-state index in [1.807, 2.05) is 60.2 Å². The summed E-state index contributed by atoms with van der Waals surface area (Å²) in [6.07, 6.45) is 2.94. The molecule has 2 saturated heterocycles. The standard InChI is InChI=1S/C47H50N8O6S/c1-26(2)39(52-46(58)60-3)44(56)55-21-9-13-36(55)43-49-33-19-17-28-22-30(16-18-32(28)41(33)51-43)38-24-31-15-14-29(23-37(31)62-38)34-25-48-42(50-34)35-12-8-20-54(35)45(57)40(53-47(59)61-4)27-10-6-5-7-11-27/h5-7,10-11,14-19,22-26,35-36,39-40,45,57H,8-9,12-13,20-21H2,1-4H3,(H,48,50)(H,49,51)(H,52,58)(H,53,59). The van der Waals surface area contributed by atoms with E-state index >= 15 is 0 Å². The smallest absolute Gasteiger partial charge is 0.407 e. The maximum atomic E-state index is 13.7. The van der Waals surface area contributed by atoms with Gasteiger partial charge in [-0.05, 0) is 77.8 Å². The predicted molar refractivity (Wildman–Crippen MR) is 239 cm³/mol. The summed E-state index contributed by atoms with van der Waals surface area (Å²) in [6, 6.07) is 27.0. The van der Waals surface area contributed by atoms with Crippen molar-refractivity contribution in [2.45, 2.75) is 69.9 Å². The maximum Gasteiger partial charge on any atom is 0.407 e. The van der Waals surface area contributed by atoms with Gasteiger partial charge < -0.3 is 40.1 Å². The number of benzene rings is 4. The number of likely N-dealkylation sites (tertiary alicyclic amines) is 2. The molecule has 15 heteroatoms. The minimum Gasteiger partial charge on any atom is -0.453 e. The number of carbonyl (C=O) groups is 3. The Kier molecular flexibility index (Phi) is 11.4. The van der Waals surface area contributed by atoms with Gasteiger partial charge in [-0.2, -0.15) is 0 Å². The molecule has 0 aliphatic carbocycles. The lowest BCUT2D eigenvalue weighted by molar-refractivity contribution is -0.135. The summed E-state index contributed by atoms with van der Waals surface area (Å²) >= 11 is 1.73. The van der Waals surface area contributed by atoms with Gasteiger partial charge in [0.2, 0.25) is 5.91 Å². The molecular formula is C47H50N8O6S. The van der Waals surface area contributed by atoms with Crippen molar-refractivity contribution in [1.29, 1.82) is 0 Å². The average molecular weight is 855 g/mol. The van der Waals surface area contributed by atoms with Crippen LogP contribution in [0.3, 0.4) is 0 Å². The molecule has 3 amide bonds. The first kappa shape index (κ1) is 41.1. The summed E-state index contributed by atoms with van der Waals surface area (Å²) < 4.78 is 10.8. The SMILES string of the molecule is COC(=O)NC(C(=O)N1CCCC1c1nc2c(ccc3cc(-c4cc5ccc(-c6cnc(C7CCCN7C(O)C(NC(=O)OC)c7ccccc7)[nH]6)cc5s4)ccc32)[nH]1)C(C)C. The van der Waals surface area contributed by atoms with Crippen molar-refractivity contribution in [3.63, 3.8) is 0 Å². The molecule has 2 aliphatic heterocycles. The van der Waals surface area contributed by atoms with E-state index in [4.69, 9.17) is 19.4 Å². The van der Waals surface area contributed by atoms with Gasteiger partial charge in [0, 0.05) is 33.6 Å². The van der Waals surface area contributed by atoms with Crippen LogP contribution in [0.4, 0.5) is 9.59 Å². The Morgan fingerprint density at radius 1 is 0.823 bits per heavy atom. The van der Waals surface area contributed by atoms with Crippen LogP contribution in [0.25, 0.3) is 53.6 Å². The normalized spacial score (nSPS) is 18.4. The number of aromatic nitrogens is 4. The zero-order valence-electron chi connectivity index (χ0n) is 35.1. The number of nitrogens with one attached hydrogen (secondary N) is 4. The number of ether oxygens (including phenoxy) is 2. The van der Waals surface area contributed by atoms with Crippen molar-refractivity contribution in [3.05, 3.63) is 108 Å². The number of aromatic amines is 2. The van der Waals surface area contributed by atoms with Crippen LogP contribution in [-0.4, -0.2) is 92.5 Å². The van der Waals surface area contributed by atoms with Crippen LogP contribution in [0.15, 0.2) is 91.1 Å². The van der Waals surface area contributed by atoms with Gasteiger partial charge in [-0.25, -0.2) is 19.6 Å². The highest BCUT2D eigenvalue weighted by atomic mass is 32.1. The van der Waals surface area contributed by atoms with Gasteiger partial charge in [0.25, 0.3) is 0 Å². The third kappa shape index (κ3) is 7.87. The number of aliphatic hydroxyl groups excluding tert-OH is 1. The molecule has 5 N–H and O–H groups in total. The zero-order chi connectivity index (χ0) is 43.1. The van der Waals surface area contributed by atoms with Crippen LogP contribution in [0, 0.1) is 5.92 Å². The van der Waals surface area contributed by atoms with Gasteiger partial charge >= 0.3 is 12.2 Å². The monoisotopic (exact) mass is 854 g/mol. The van der Waals surface area contributed by atoms with Crippen molar-refractivity contribution in [3.8, 4) is 21.7 Å². The number of H-pyrrole nitrogens is 2. The van der Waals surface area contributed by atoms with E-state index in [0.717, 1.165) is 96.5 Å². The Morgan fingerprint density at radius 3 is 2.35 bits per heavy atom. The number of hydrogen-bond acceptors (Lipinski definition) is 10. The number of alkyl carbamates (subject to hydrolysis) is 2. The minimum absolute atomic E-state index is 0.111. The minimum atomic E-state index is -1.00. The van der Waals surface area contributed by atoms with Crippen molar-refractivity contribution in [2.75, 3.05) is 27.3 Å². The second-order valence-corrected chi connectivity index (χ2v) is 17.5. The average Bonchev–Trinajstić information content (AvgIpc) is 4.15. The molecule has 7 aromatic rings. The molecule has 5 unspecified atom stereocenters. The number of imidazole rings is 2. The first-order valence-corrected chi connectivity index (χ1v) is 21.9. The summed E-state index contributed by atoms with van der Waals surface area (Å²) in [5.41, 5.74) is 5.57. The summed E-state index contributed by atoms with van der Waals surface area (Å²) in [4.78, 5) is 60.0. The molecule has 3 aromatic heterocycles. The molecule has 2 aliphatic rings. The molecule has 62 heavy (non-hydrogen) atoms. The topological polar surface area (TPSA) is 178 Å². The number of thiophene rings is 1. The number of amides is 3. The Balaban J connectivity index is 0.934. The number of nitrogens with zero attached hydrogens (tertiary/aromatic N) is 4. The van der Waals surface area contributed by atoms with Gasteiger partial charge in [0.15, 0.2) is 0 Å². The first-order chi connectivity index (χ1) is 30.1. The van der Waals surface area contributed by atoms with Gasteiger partial charge in [0.1, 0.15) is 23.9 Å². The van der Waals surface area contributed by atoms with Crippen LogP contribution >= 0.6 is 11.3 Å². The number of hydrogen-bond donors (Lipinski definition) is 5. The lowest BCUT2D eigenvalue weighted by Gasteiger charge is -2.34. The molecule has 0 bridgehead atoms. The van der Waals surface area contributed by atoms with Crippen LogP contribution in [0.2, 0.25) is 0 Å². The molecule has 14 nitrogen and oxygen atoms in total. The van der Waals surface area contributed by atoms with Gasteiger partial charge in [-0.1, -0.05) is 74.5 Å². The van der Waals surface area contributed by atoms with Crippen LogP contribution in [0.1, 0.15) is 74.9 Å². The van der Waals surface area contributed by atoms with Gasteiger partial charge in [-0.15, -0.1) is 11.3 Å². The molecule has 5 atom stereocenters. The summed E-state index contributed by atoms with van der Waals surface area (Å²) in [5.74, 6) is 1.27. The number of carbonyl (C=O) groups excluding carboxylic acids is 3. The van der Waals surface area contributed by atoms with E-state index in [9.17, 15) is 19.5 Å².